The number of rotatable bonds is 6. The predicted molar refractivity (Wildman–Crippen MR) is 72.3 cm³/mol. The lowest BCUT2D eigenvalue weighted by Gasteiger charge is -2.08. The summed E-state index contributed by atoms with van der Waals surface area (Å²) in [6.45, 7) is 5.19. The van der Waals surface area contributed by atoms with E-state index in [9.17, 15) is 4.79 Å². The molecule has 0 radical (unpaired) electrons. The van der Waals surface area contributed by atoms with E-state index in [0.29, 0.717) is 12.3 Å². The molecule has 0 aliphatic heterocycles. The van der Waals surface area contributed by atoms with Gasteiger partial charge in [0.05, 0.1) is 0 Å². The first kappa shape index (κ1) is 13.7. The Hall–Kier alpha value is -1.35. The Bertz CT molecular complexity index is 344. The maximum absolute atomic E-state index is 11.6. The highest BCUT2D eigenvalue weighted by molar-refractivity contribution is 5.90. The number of anilines is 1. The van der Waals surface area contributed by atoms with Crippen molar-refractivity contribution in [2.24, 2.45) is 0 Å². The smallest absolute Gasteiger partial charge is 0.224 e. The van der Waals surface area contributed by atoms with E-state index in [4.69, 9.17) is 0 Å². The second-order valence-electron chi connectivity index (χ2n) is 4.53. The van der Waals surface area contributed by atoms with Crippen molar-refractivity contribution in [3.63, 3.8) is 0 Å². The van der Waals surface area contributed by atoms with Gasteiger partial charge >= 0.3 is 0 Å². The minimum atomic E-state index is 0.0811. The van der Waals surface area contributed by atoms with E-state index in [0.717, 1.165) is 18.7 Å². The first-order valence-corrected chi connectivity index (χ1v) is 6.18. The fraction of sp³-hybridized carbons (Fsp3) is 0.500. The number of benzene rings is 1. The molecule has 94 valence electrons. The molecule has 0 bridgehead atoms. The van der Waals surface area contributed by atoms with Crippen LogP contribution in [-0.4, -0.2) is 19.5 Å². The molecule has 1 aromatic rings. The van der Waals surface area contributed by atoms with Crippen LogP contribution < -0.4 is 10.6 Å². The number of carbonyl (C=O) groups is 1. The van der Waals surface area contributed by atoms with Crippen molar-refractivity contribution in [2.45, 2.75) is 32.6 Å². The van der Waals surface area contributed by atoms with Crippen molar-refractivity contribution in [3.05, 3.63) is 29.8 Å². The molecule has 3 heteroatoms. The van der Waals surface area contributed by atoms with E-state index in [-0.39, 0.29) is 5.91 Å². The molecule has 0 saturated carbocycles. The number of hydrogen-bond donors (Lipinski definition) is 2. The standard InChI is InChI=1S/C14H22N2O/c1-11(2)12-6-8-13(9-7-12)16-14(17)5-4-10-15-3/h6-9,11,15H,4-5,10H2,1-3H3,(H,16,17). The molecule has 0 heterocycles. The highest BCUT2D eigenvalue weighted by Gasteiger charge is 2.03. The van der Waals surface area contributed by atoms with E-state index in [1.807, 2.05) is 19.2 Å². The van der Waals surface area contributed by atoms with Gasteiger partial charge in [-0.05, 0) is 43.6 Å². The maximum atomic E-state index is 11.6. The van der Waals surface area contributed by atoms with Crippen LogP contribution in [0.25, 0.3) is 0 Å². The van der Waals surface area contributed by atoms with E-state index >= 15 is 0 Å². The van der Waals surface area contributed by atoms with Crippen molar-refractivity contribution in [1.29, 1.82) is 0 Å². The van der Waals surface area contributed by atoms with E-state index in [2.05, 4.69) is 36.6 Å². The molecule has 0 spiro atoms. The molecule has 0 aliphatic rings. The fourth-order valence-corrected chi connectivity index (χ4v) is 1.60. The second-order valence-corrected chi connectivity index (χ2v) is 4.53. The average molecular weight is 234 g/mol. The van der Waals surface area contributed by atoms with Gasteiger partial charge in [0, 0.05) is 12.1 Å². The van der Waals surface area contributed by atoms with Crippen LogP contribution in [0.4, 0.5) is 5.69 Å². The summed E-state index contributed by atoms with van der Waals surface area (Å²) in [5.41, 5.74) is 2.17. The molecule has 0 unspecified atom stereocenters. The molecule has 1 aromatic carbocycles. The van der Waals surface area contributed by atoms with Crippen LogP contribution in [0.3, 0.4) is 0 Å². The first-order valence-electron chi connectivity index (χ1n) is 6.18. The van der Waals surface area contributed by atoms with Gasteiger partial charge in [-0.3, -0.25) is 4.79 Å². The van der Waals surface area contributed by atoms with Crippen LogP contribution in [0.15, 0.2) is 24.3 Å². The fourth-order valence-electron chi connectivity index (χ4n) is 1.60. The molecule has 0 aliphatic carbocycles. The third-order valence-electron chi connectivity index (χ3n) is 2.69. The quantitative estimate of drug-likeness (QED) is 0.743. The average Bonchev–Trinajstić information content (AvgIpc) is 2.30. The zero-order valence-electron chi connectivity index (χ0n) is 10.9. The maximum Gasteiger partial charge on any atom is 0.224 e. The molecule has 17 heavy (non-hydrogen) atoms. The van der Waals surface area contributed by atoms with Crippen molar-refractivity contribution in [2.75, 3.05) is 18.9 Å². The Morgan fingerprint density at radius 3 is 2.41 bits per heavy atom. The lowest BCUT2D eigenvalue weighted by molar-refractivity contribution is -0.116. The lowest BCUT2D eigenvalue weighted by Crippen LogP contribution is -2.15. The van der Waals surface area contributed by atoms with Crippen molar-refractivity contribution >= 4 is 11.6 Å². The van der Waals surface area contributed by atoms with E-state index < -0.39 is 0 Å². The monoisotopic (exact) mass is 234 g/mol. The molecule has 1 amide bonds. The minimum absolute atomic E-state index is 0.0811. The van der Waals surface area contributed by atoms with Crippen molar-refractivity contribution in [1.82, 2.24) is 5.32 Å². The number of hydrogen-bond acceptors (Lipinski definition) is 2. The summed E-state index contributed by atoms with van der Waals surface area (Å²) >= 11 is 0. The van der Waals surface area contributed by atoms with Crippen LogP contribution >= 0.6 is 0 Å². The Balaban J connectivity index is 2.43. The van der Waals surface area contributed by atoms with Gasteiger partial charge in [0.25, 0.3) is 0 Å². The Kier molecular flexibility index (Phi) is 5.70. The minimum Gasteiger partial charge on any atom is -0.326 e. The van der Waals surface area contributed by atoms with Gasteiger partial charge in [-0.2, -0.15) is 0 Å². The first-order chi connectivity index (χ1) is 8.13. The summed E-state index contributed by atoms with van der Waals surface area (Å²) in [5.74, 6) is 0.605. The predicted octanol–water partition coefficient (Wildman–Crippen LogP) is 2.75. The van der Waals surface area contributed by atoms with Gasteiger partial charge in [0.15, 0.2) is 0 Å². The molecular weight excluding hydrogens is 212 g/mol. The van der Waals surface area contributed by atoms with Gasteiger partial charge in [-0.25, -0.2) is 0 Å². The van der Waals surface area contributed by atoms with Crippen LogP contribution in [0.1, 0.15) is 38.2 Å². The van der Waals surface area contributed by atoms with Crippen molar-refractivity contribution in [3.8, 4) is 0 Å². The van der Waals surface area contributed by atoms with Gasteiger partial charge in [-0.15, -0.1) is 0 Å². The molecule has 0 saturated heterocycles. The Morgan fingerprint density at radius 2 is 1.88 bits per heavy atom. The molecule has 0 fully saturated rings. The summed E-state index contributed by atoms with van der Waals surface area (Å²) in [5, 5.41) is 5.93. The molecule has 1 rings (SSSR count). The van der Waals surface area contributed by atoms with E-state index in [1.165, 1.54) is 5.56 Å². The van der Waals surface area contributed by atoms with Crippen LogP contribution in [0.2, 0.25) is 0 Å². The second kappa shape index (κ2) is 7.07. The van der Waals surface area contributed by atoms with Gasteiger partial charge in [0.2, 0.25) is 5.91 Å². The largest absolute Gasteiger partial charge is 0.326 e. The van der Waals surface area contributed by atoms with Crippen molar-refractivity contribution < 1.29 is 4.79 Å². The van der Waals surface area contributed by atoms with Crippen LogP contribution in [0.5, 0.6) is 0 Å². The molecule has 3 nitrogen and oxygen atoms in total. The normalized spacial score (nSPS) is 10.6. The van der Waals surface area contributed by atoms with Crippen LogP contribution in [-0.2, 0) is 4.79 Å². The van der Waals surface area contributed by atoms with E-state index in [1.54, 1.807) is 0 Å². The summed E-state index contributed by atoms with van der Waals surface area (Å²) in [6.07, 6.45) is 1.43. The number of amides is 1. The molecule has 2 N–H and O–H groups in total. The highest BCUT2D eigenvalue weighted by atomic mass is 16.1. The number of carbonyl (C=O) groups excluding carboxylic acids is 1. The molecular formula is C14H22N2O. The SMILES string of the molecule is CNCCCC(=O)Nc1ccc(C(C)C)cc1. The zero-order chi connectivity index (χ0) is 12.7. The summed E-state index contributed by atoms with van der Waals surface area (Å²) in [6, 6.07) is 8.05. The number of nitrogens with one attached hydrogen (secondary N) is 2. The summed E-state index contributed by atoms with van der Waals surface area (Å²) < 4.78 is 0. The third-order valence-corrected chi connectivity index (χ3v) is 2.69. The third kappa shape index (κ3) is 5.00. The molecule has 0 atom stereocenters. The van der Waals surface area contributed by atoms with Gasteiger partial charge in [0.1, 0.15) is 0 Å². The summed E-state index contributed by atoms with van der Waals surface area (Å²) in [4.78, 5) is 11.6. The Labute approximate surface area is 104 Å². The summed E-state index contributed by atoms with van der Waals surface area (Å²) in [7, 11) is 1.89. The topological polar surface area (TPSA) is 41.1 Å². The lowest BCUT2D eigenvalue weighted by atomic mass is 10.0. The zero-order valence-corrected chi connectivity index (χ0v) is 10.9. The molecule has 0 aromatic heterocycles. The highest BCUT2D eigenvalue weighted by Crippen LogP contribution is 2.17. The van der Waals surface area contributed by atoms with Gasteiger partial charge < -0.3 is 10.6 Å². The van der Waals surface area contributed by atoms with Gasteiger partial charge in [-0.1, -0.05) is 26.0 Å². The van der Waals surface area contributed by atoms with Crippen LogP contribution in [0, 0.1) is 0 Å². The Morgan fingerprint density at radius 1 is 1.24 bits per heavy atom.